The van der Waals surface area contributed by atoms with Crippen LogP contribution in [0.3, 0.4) is 0 Å². The van der Waals surface area contributed by atoms with Crippen molar-refractivity contribution in [2.75, 3.05) is 6.54 Å². The van der Waals surface area contributed by atoms with E-state index in [0.717, 1.165) is 12.8 Å². The second kappa shape index (κ2) is 6.15. The van der Waals surface area contributed by atoms with Gasteiger partial charge in [-0.1, -0.05) is 19.1 Å². The Morgan fingerprint density at radius 3 is 2.71 bits per heavy atom. The summed E-state index contributed by atoms with van der Waals surface area (Å²) in [6, 6.07) is 6.12. The maximum Gasteiger partial charge on any atom is 0.335 e. The summed E-state index contributed by atoms with van der Waals surface area (Å²) in [6.45, 7) is 4.61. The van der Waals surface area contributed by atoms with E-state index in [4.69, 9.17) is 5.11 Å². The number of piperidine rings is 1. The van der Waals surface area contributed by atoms with E-state index in [1.807, 2.05) is 6.92 Å². The molecule has 2 unspecified atom stereocenters. The molecule has 116 valence electrons. The number of rotatable bonds is 4. The minimum Gasteiger partial charge on any atom is -0.478 e. The summed E-state index contributed by atoms with van der Waals surface area (Å²) in [7, 11) is -3.41. The number of hydrogen-bond acceptors (Lipinski definition) is 3. The highest BCUT2D eigenvalue weighted by Gasteiger charge is 2.32. The quantitative estimate of drug-likeness (QED) is 0.926. The van der Waals surface area contributed by atoms with Crippen molar-refractivity contribution in [2.45, 2.75) is 38.5 Å². The minimum absolute atomic E-state index is 0.00130. The van der Waals surface area contributed by atoms with Crippen LogP contribution in [0.15, 0.2) is 24.3 Å². The van der Waals surface area contributed by atoms with E-state index in [-0.39, 0.29) is 17.4 Å². The maximum absolute atomic E-state index is 12.5. The zero-order chi connectivity index (χ0) is 15.6. The fourth-order valence-corrected chi connectivity index (χ4v) is 4.67. The van der Waals surface area contributed by atoms with Crippen LogP contribution in [0, 0.1) is 5.92 Å². The molecule has 0 saturated carbocycles. The average molecular weight is 311 g/mol. The van der Waals surface area contributed by atoms with Crippen LogP contribution in [0.1, 0.15) is 42.6 Å². The summed E-state index contributed by atoms with van der Waals surface area (Å²) in [6.07, 6.45) is 1.74. The average Bonchev–Trinajstić information content (AvgIpc) is 2.37. The molecule has 0 aliphatic carbocycles. The van der Waals surface area contributed by atoms with Crippen molar-refractivity contribution in [1.82, 2.24) is 4.31 Å². The molecule has 1 saturated heterocycles. The van der Waals surface area contributed by atoms with Gasteiger partial charge in [0.15, 0.2) is 0 Å². The lowest BCUT2D eigenvalue weighted by Gasteiger charge is -2.35. The molecule has 0 bridgehead atoms. The molecular weight excluding hydrogens is 290 g/mol. The molecule has 5 nitrogen and oxygen atoms in total. The first-order chi connectivity index (χ1) is 9.79. The molecule has 1 aliphatic rings. The molecule has 1 heterocycles. The van der Waals surface area contributed by atoms with Crippen LogP contribution in [-0.4, -0.2) is 36.4 Å². The van der Waals surface area contributed by atoms with Gasteiger partial charge in [-0.2, -0.15) is 4.31 Å². The van der Waals surface area contributed by atoms with Crippen molar-refractivity contribution in [1.29, 1.82) is 0 Å². The number of carboxylic acids is 1. The molecule has 21 heavy (non-hydrogen) atoms. The molecule has 1 fully saturated rings. The lowest BCUT2D eigenvalue weighted by molar-refractivity contribution is 0.0696. The fraction of sp³-hybridized carbons (Fsp3) is 0.533. The van der Waals surface area contributed by atoms with E-state index in [1.165, 1.54) is 12.1 Å². The zero-order valence-electron chi connectivity index (χ0n) is 12.3. The lowest BCUT2D eigenvalue weighted by Crippen LogP contribution is -2.44. The van der Waals surface area contributed by atoms with E-state index in [9.17, 15) is 13.2 Å². The third-order valence-electron chi connectivity index (χ3n) is 3.96. The minimum atomic E-state index is -3.41. The largest absolute Gasteiger partial charge is 0.478 e. The highest BCUT2D eigenvalue weighted by Crippen LogP contribution is 2.26. The van der Waals surface area contributed by atoms with Gasteiger partial charge in [-0.3, -0.25) is 0 Å². The van der Waals surface area contributed by atoms with Crippen molar-refractivity contribution >= 4 is 16.0 Å². The maximum atomic E-state index is 12.5. The Bertz CT molecular complexity index is 626. The molecular formula is C15H21NO4S. The molecule has 2 atom stereocenters. The molecule has 2 rings (SSSR count). The number of hydrogen-bond donors (Lipinski definition) is 1. The summed E-state index contributed by atoms with van der Waals surface area (Å²) in [5.41, 5.74) is 0.628. The first kappa shape index (κ1) is 16.0. The summed E-state index contributed by atoms with van der Waals surface area (Å²) in [5, 5.41) is 8.97. The monoisotopic (exact) mass is 311 g/mol. The van der Waals surface area contributed by atoms with Gasteiger partial charge in [0.2, 0.25) is 10.0 Å². The van der Waals surface area contributed by atoms with Crippen LogP contribution in [0.4, 0.5) is 0 Å². The molecule has 1 aliphatic heterocycles. The Balaban J connectivity index is 2.17. The Morgan fingerprint density at radius 2 is 2.10 bits per heavy atom. The molecule has 0 amide bonds. The Hall–Kier alpha value is -1.40. The smallest absolute Gasteiger partial charge is 0.335 e. The second-order valence-corrected chi connectivity index (χ2v) is 7.77. The van der Waals surface area contributed by atoms with Crippen LogP contribution in [0.5, 0.6) is 0 Å². The van der Waals surface area contributed by atoms with Crippen molar-refractivity contribution in [3.8, 4) is 0 Å². The van der Waals surface area contributed by atoms with Gasteiger partial charge in [0.1, 0.15) is 0 Å². The van der Waals surface area contributed by atoms with Gasteiger partial charge >= 0.3 is 5.97 Å². The van der Waals surface area contributed by atoms with E-state index >= 15 is 0 Å². The van der Waals surface area contributed by atoms with Crippen molar-refractivity contribution in [3.05, 3.63) is 35.4 Å². The van der Waals surface area contributed by atoms with Crippen LogP contribution in [-0.2, 0) is 15.8 Å². The van der Waals surface area contributed by atoms with E-state index < -0.39 is 16.0 Å². The second-order valence-electron chi connectivity index (χ2n) is 5.85. The van der Waals surface area contributed by atoms with Crippen LogP contribution in [0.2, 0.25) is 0 Å². The normalized spacial score (nSPS) is 23.9. The molecule has 1 aromatic rings. The van der Waals surface area contributed by atoms with Gasteiger partial charge in [-0.05, 0) is 43.4 Å². The summed E-state index contributed by atoms with van der Waals surface area (Å²) < 4.78 is 26.6. The van der Waals surface area contributed by atoms with E-state index in [2.05, 4.69) is 6.92 Å². The zero-order valence-corrected chi connectivity index (χ0v) is 13.1. The summed E-state index contributed by atoms with van der Waals surface area (Å²) in [5.74, 6) is -0.650. The highest BCUT2D eigenvalue weighted by molar-refractivity contribution is 7.88. The predicted molar refractivity (Wildman–Crippen MR) is 80.6 cm³/mol. The van der Waals surface area contributed by atoms with Crippen molar-refractivity contribution < 1.29 is 18.3 Å². The molecule has 6 heteroatoms. The van der Waals surface area contributed by atoms with Gasteiger partial charge in [-0.15, -0.1) is 0 Å². The molecule has 0 spiro atoms. The first-order valence-electron chi connectivity index (χ1n) is 7.11. The number of carbonyl (C=O) groups is 1. The Labute approximate surface area is 125 Å². The number of benzene rings is 1. The third kappa shape index (κ3) is 3.83. The van der Waals surface area contributed by atoms with Gasteiger partial charge in [0.05, 0.1) is 11.3 Å². The van der Waals surface area contributed by atoms with E-state index in [1.54, 1.807) is 16.4 Å². The van der Waals surface area contributed by atoms with Gasteiger partial charge in [0.25, 0.3) is 0 Å². The topological polar surface area (TPSA) is 74.7 Å². The highest BCUT2D eigenvalue weighted by atomic mass is 32.2. The standard InChI is InChI=1S/C15H21NO4S/c1-11-6-7-16(12(2)8-11)21(19,20)10-13-4-3-5-14(9-13)15(17)18/h3-5,9,11-12H,6-8,10H2,1-2H3,(H,17,18). The molecule has 0 radical (unpaired) electrons. The first-order valence-corrected chi connectivity index (χ1v) is 8.72. The van der Waals surface area contributed by atoms with Gasteiger partial charge < -0.3 is 5.11 Å². The molecule has 1 aromatic carbocycles. The van der Waals surface area contributed by atoms with E-state index in [0.29, 0.717) is 18.0 Å². The Kier molecular flexibility index (Phi) is 4.68. The van der Waals surface area contributed by atoms with Crippen LogP contribution < -0.4 is 0 Å². The summed E-state index contributed by atoms with van der Waals surface area (Å²) in [4.78, 5) is 10.9. The molecule has 1 N–H and O–H groups in total. The lowest BCUT2D eigenvalue weighted by atomic mass is 9.95. The van der Waals surface area contributed by atoms with Gasteiger partial charge in [0, 0.05) is 12.6 Å². The fourth-order valence-electron chi connectivity index (χ4n) is 2.89. The third-order valence-corrected chi connectivity index (χ3v) is 5.91. The number of aromatic carboxylic acids is 1. The van der Waals surface area contributed by atoms with Gasteiger partial charge in [-0.25, -0.2) is 13.2 Å². The van der Waals surface area contributed by atoms with Crippen molar-refractivity contribution in [2.24, 2.45) is 5.92 Å². The number of sulfonamides is 1. The Morgan fingerprint density at radius 1 is 1.38 bits per heavy atom. The molecule has 0 aromatic heterocycles. The van der Waals surface area contributed by atoms with Crippen LogP contribution >= 0.6 is 0 Å². The number of carboxylic acid groups (broad SMARTS) is 1. The predicted octanol–water partition coefficient (Wildman–Crippen LogP) is 2.34. The van der Waals surface area contributed by atoms with Crippen molar-refractivity contribution in [3.63, 3.8) is 0 Å². The summed E-state index contributed by atoms with van der Waals surface area (Å²) >= 11 is 0. The van der Waals surface area contributed by atoms with Crippen LogP contribution in [0.25, 0.3) is 0 Å². The SMILES string of the molecule is CC1CCN(S(=O)(=O)Cc2cccc(C(=O)O)c2)C(C)C1. The number of nitrogens with zero attached hydrogens (tertiary/aromatic N) is 1.